The second kappa shape index (κ2) is 6.68. The molecule has 8 heteroatoms. The van der Waals surface area contributed by atoms with Crippen LogP contribution < -0.4 is 15.6 Å². The molecule has 0 bridgehead atoms. The first-order chi connectivity index (χ1) is 14.3. The third-order valence-corrected chi connectivity index (χ3v) is 6.88. The number of aryl methyl sites for hydroxylation is 1. The zero-order chi connectivity index (χ0) is 21.3. The Morgan fingerprint density at radius 3 is 2.50 bits per heavy atom. The number of nitrogens with zero attached hydrogens (tertiary/aromatic N) is 2. The molecule has 2 atom stereocenters. The summed E-state index contributed by atoms with van der Waals surface area (Å²) in [4.78, 5) is 26.4. The molecule has 6 nitrogen and oxygen atoms in total. The summed E-state index contributed by atoms with van der Waals surface area (Å²) in [5.41, 5.74) is 0.335. The van der Waals surface area contributed by atoms with Gasteiger partial charge in [0.2, 0.25) is 5.43 Å². The number of hydrogen-bond acceptors (Lipinski definition) is 4. The van der Waals surface area contributed by atoms with E-state index in [4.69, 9.17) is 0 Å². The number of aromatic carboxylic acids is 1. The van der Waals surface area contributed by atoms with Crippen molar-refractivity contribution in [1.29, 1.82) is 0 Å². The summed E-state index contributed by atoms with van der Waals surface area (Å²) in [6.07, 6.45) is 4.19. The Morgan fingerprint density at radius 2 is 1.93 bits per heavy atom. The number of pyridine rings is 1. The predicted octanol–water partition coefficient (Wildman–Crippen LogP) is 3.71. The van der Waals surface area contributed by atoms with E-state index in [9.17, 15) is 19.1 Å². The summed E-state index contributed by atoms with van der Waals surface area (Å²) in [5, 5.41) is 12.4. The first-order valence-electron chi connectivity index (χ1n) is 10.5. The van der Waals surface area contributed by atoms with E-state index in [0.717, 1.165) is 25.7 Å². The molecule has 1 saturated heterocycles. The van der Waals surface area contributed by atoms with Crippen molar-refractivity contribution in [1.82, 2.24) is 4.57 Å². The van der Waals surface area contributed by atoms with Gasteiger partial charge in [-0.1, -0.05) is 0 Å². The molecule has 2 unspecified atom stereocenters. The van der Waals surface area contributed by atoms with Crippen molar-refractivity contribution in [3.8, 4) is 0 Å². The number of carboxylic acids is 1. The van der Waals surface area contributed by atoms with Crippen molar-refractivity contribution in [2.75, 3.05) is 30.4 Å². The van der Waals surface area contributed by atoms with Crippen LogP contribution in [0, 0.1) is 24.6 Å². The van der Waals surface area contributed by atoms with Crippen LogP contribution in [0.25, 0.3) is 10.9 Å². The largest absolute Gasteiger partial charge is 0.477 e. The van der Waals surface area contributed by atoms with E-state index in [2.05, 4.69) is 5.32 Å². The fourth-order valence-corrected chi connectivity index (χ4v) is 5.10. The monoisotopic (exact) mass is 417 g/mol. The highest BCUT2D eigenvalue weighted by Crippen LogP contribution is 2.47. The van der Waals surface area contributed by atoms with E-state index in [1.165, 1.54) is 13.2 Å². The van der Waals surface area contributed by atoms with E-state index in [0.29, 0.717) is 29.2 Å². The first kappa shape index (κ1) is 19.3. The number of anilines is 2. The lowest BCUT2D eigenvalue weighted by molar-refractivity contribution is 0.0695. The summed E-state index contributed by atoms with van der Waals surface area (Å²) in [6.45, 7) is 2.34. The summed E-state index contributed by atoms with van der Waals surface area (Å²) in [6, 6.07) is 0.0830. The van der Waals surface area contributed by atoms with Gasteiger partial charge in [-0.3, -0.25) is 4.79 Å². The average molecular weight is 417 g/mol. The number of benzene rings is 1. The van der Waals surface area contributed by atoms with E-state index in [1.807, 2.05) is 0 Å². The molecular weight excluding hydrogens is 392 g/mol. The molecule has 2 heterocycles. The van der Waals surface area contributed by atoms with Crippen LogP contribution in [0.5, 0.6) is 0 Å². The number of fused-ring (bicyclic) bond motifs is 1. The van der Waals surface area contributed by atoms with Gasteiger partial charge < -0.3 is 19.9 Å². The van der Waals surface area contributed by atoms with Crippen molar-refractivity contribution in [2.24, 2.45) is 11.8 Å². The summed E-state index contributed by atoms with van der Waals surface area (Å²) < 4.78 is 32.2. The maximum Gasteiger partial charge on any atom is 0.341 e. The van der Waals surface area contributed by atoms with Gasteiger partial charge in [-0.25, -0.2) is 13.6 Å². The molecular formula is C22H25F2N3O3. The second-order valence-corrected chi connectivity index (χ2v) is 8.87. The normalized spacial score (nSPS) is 23.9. The number of nitrogens with one attached hydrogen (secondary N) is 1. The Kier molecular flexibility index (Phi) is 4.31. The Bertz CT molecular complexity index is 1120. The first-order valence-corrected chi connectivity index (χ1v) is 10.5. The van der Waals surface area contributed by atoms with Gasteiger partial charge in [-0.15, -0.1) is 0 Å². The summed E-state index contributed by atoms with van der Waals surface area (Å²) in [7, 11) is 1.51. The molecule has 2 N–H and O–H groups in total. The molecule has 2 aromatic rings. The van der Waals surface area contributed by atoms with Crippen molar-refractivity contribution >= 4 is 28.2 Å². The fourth-order valence-electron chi connectivity index (χ4n) is 5.10. The molecule has 0 amide bonds. The fraction of sp³-hybridized carbons (Fsp3) is 0.545. The van der Waals surface area contributed by atoms with Gasteiger partial charge in [0.15, 0.2) is 5.82 Å². The van der Waals surface area contributed by atoms with Crippen LogP contribution in [0.4, 0.5) is 20.2 Å². The highest BCUT2D eigenvalue weighted by molar-refractivity contribution is 6.02. The third-order valence-electron chi connectivity index (χ3n) is 6.88. The number of hydrogen-bond donors (Lipinski definition) is 2. The lowest BCUT2D eigenvalue weighted by Gasteiger charge is -2.26. The van der Waals surface area contributed by atoms with E-state index < -0.39 is 23.4 Å². The van der Waals surface area contributed by atoms with Gasteiger partial charge >= 0.3 is 5.97 Å². The van der Waals surface area contributed by atoms with Crippen LogP contribution in [0.2, 0.25) is 0 Å². The van der Waals surface area contributed by atoms with Crippen LogP contribution in [-0.2, 0) is 0 Å². The van der Waals surface area contributed by atoms with Crippen molar-refractivity contribution < 1.29 is 18.7 Å². The van der Waals surface area contributed by atoms with Crippen molar-refractivity contribution in [3.05, 3.63) is 33.4 Å². The maximum atomic E-state index is 15.7. The Morgan fingerprint density at radius 1 is 1.23 bits per heavy atom. The minimum absolute atomic E-state index is 0.0154. The van der Waals surface area contributed by atoms with Gasteiger partial charge in [0.05, 0.1) is 22.3 Å². The lowest BCUT2D eigenvalue weighted by Crippen LogP contribution is -2.26. The molecule has 30 heavy (non-hydrogen) atoms. The number of carboxylic acid groups (broad SMARTS) is 1. The standard InChI is InChI=1S/C22H25F2N3O3/c1-10-19-16(21(28)14(22(29)30)8-27(19)12-5-6-12)18(25-2)17(24)20(10)26-7-13(11-3-4-11)15(23)9-26/h8,11-13,15,25H,3-7,9H2,1-2H3,(H,29,30). The van der Waals surface area contributed by atoms with Crippen LogP contribution in [-0.4, -0.2) is 42.0 Å². The smallest absolute Gasteiger partial charge is 0.341 e. The molecule has 1 aromatic carbocycles. The molecule has 1 aliphatic heterocycles. The molecule has 5 rings (SSSR count). The summed E-state index contributed by atoms with van der Waals surface area (Å²) in [5.74, 6) is -1.65. The molecule has 3 aliphatic rings. The summed E-state index contributed by atoms with van der Waals surface area (Å²) >= 11 is 0. The molecule has 2 saturated carbocycles. The predicted molar refractivity (Wildman–Crippen MR) is 111 cm³/mol. The van der Waals surface area contributed by atoms with Gasteiger partial charge in [-0.05, 0) is 44.1 Å². The topological polar surface area (TPSA) is 74.6 Å². The van der Waals surface area contributed by atoms with E-state index in [-0.39, 0.29) is 35.1 Å². The average Bonchev–Trinajstić information content (AvgIpc) is 3.61. The van der Waals surface area contributed by atoms with Gasteiger partial charge in [0, 0.05) is 38.3 Å². The Hall–Kier alpha value is -2.64. The zero-order valence-corrected chi connectivity index (χ0v) is 17.0. The SMILES string of the molecule is CNc1c(F)c(N2CC(F)C(C3CC3)C2)c(C)c2c1c(=O)c(C(=O)O)cn2C1CC1. The Labute approximate surface area is 172 Å². The van der Waals surface area contributed by atoms with Crippen LogP contribution in [0.3, 0.4) is 0 Å². The molecule has 2 aliphatic carbocycles. The number of halogens is 2. The Balaban J connectivity index is 1.78. The van der Waals surface area contributed by atoms with E-state index >= 15 is 4.39 Å². The number of rotatable bonds is 5. The van der Waals surface area contributed by atoms with Crippen LogP contribution >= 0.6 is 0 Å². The van der Waals surface area contributed by atoms with Crippen LogP contribution in [0.15, 0.2) is 11.0 Å². The minimum Gasteiger partial charge on any atom is -0.477 e. The van der Waals surface area contributed by atoms with Gasteiger partial charge in [0.1, 0.15) is 11.7 Å². The molecule has 3 fully saturated rings. The number of aromatic nitrogens is 1. The van der Waals surface area contributed by atoms with Crippen LogP contribution in [0.1, 0.15) is 47.6 Å². The number of alkyl halides is 1. The highest BCUT2D eigenvalue weighted by Gasteiger charge is 2.44. The lowest BCUT2D eigenvalue weighted by atomic mass is 10.0. The highest BCUT2D eigenvalue weighted by atomic mass is 19.1. The molecule has 160 valence electrons. The van der Waals surface area contributed by atoms with Gasteiger partial charge in [-0.2, -0.15) is 0 Å². The van der Waals surface area contributed by atoms with E-state index in [1.54, 1.807) is 16.4 Å². The molecule has 0 radical (unpaired) electrons. The maximum absolute atomic E-state index is 15.7. The third kappa shape index (κ3) is 2.80. The second-order valence-electron chi connectivity index (χ2n) is 8.87. The van der Waals surface area contributed by atoms with Crippen molar-refractivity contribution in [3.63, 3.8) is 0 Å². The molecule has 0 spiro atoms. The zero-order valence-electron chi connectivity index (χ0n) is 17.0. The van der Waals surface area contributed by atoms with Crippen molar-refractivity contribution in [2.45, 2.75) is 44.8 Å². The number of carbonyl (C=O) groups is 1. The molecule has 1 aromatic heterocycles. The quantitative estimate of drug-likeness (QED) is 0.776. The van der Waals surface area contributed by atoms with Gasteiger partial charge in [0.25, 0.3) is 0 Å². The minimum atomic E-state index is -1.33.